The van der Waals surface area contributed by atoms with E-state index in [1.807, 2.05) is 13.8 Å². The first-order chi connectivity index (χ1) is 10.6. The van der Waals surface area contributed by atoms with Gasteiger partial charge in [-0.05, 0) is 32.8 Å². The van der Waals surface area contributed by atoms with Gasteiger partial charge in [-0.3, -0.25) is 0 Å². The third-order valence-corrected chi connectivity index (χ3v) is 3.24. The van der Waals surface area contributed by atoms with Gasteiger partial charge in [0.05, 0.1) is 0 Å². The third-order valence-electron chi connectivity index (χ3n) is 3.24. The summed E-state index contributed by atoms with van der Waals surface area (Å²) in [5.41, 5.74) is -0.170. The number of hydrogen-bond acceptors (Lipinski definition) is 3. The SMILES string of the molecule is CC(C)C(CNC(=O)OC(C)(C)C)NCc1ccc(F)cc1F. The van der Waals surface area contributed by atoms with E-state index in [2.05, 4.69) is 10.6 Å². The molecule has 0 saturated carbocycles. The monoisotopic (exact) mass is 328 g/mol. The highest BCUT2D eigenvalue weighted by molar-refractivity contribution is 5.67. The lowest BCUT2D eigenvalue weighted by atomic mass is 10.0. The van der Waals surface area contributed by atoms with Crippen molar-refractivity contribution in [2.75, 3.05) is 6.54 Å². The topological polar surface area (TPSA) is 50.4 Å². The molecule has 0 fully saturated rings. The van der Waals surface area contributed by atoms with Crippen LogP contribution in [0, 0.1) is 17.6 Å². The Hall–Kier alpha value is -1.69. The van der Waals surface area contributed by atoms with Crippen LogP contribution in [-0.4, -0.2) is 24.3 Å². The molecule has 1 aromatic rings. The number of rotatable bonds is 6. The second kappa shape index (κ2) is 8.24. The molecule has 23 heavy (non-hydrogen) atoms. The van der Waals surface area contributed by atoms with Crippen LogP contribution in [0.15, 0.2) is 18.2 Å². The second-order valence-electron chi connectivity index (χ2n) is 6.85. The van der Waals surface area contributed by atoms with Crippen molar-refractivity contribution in [1.29, 1.82) is 0 Å². The van der Waals surface area contributed by atoms with Gasteiger partial charge < -0.3 is 15.4 Å². The Labute approximate surface area is 136 Å². The molecule has 0 aromatic heterocycles. The number of ether oxygens (including phenoxy) is 1. The number of halogens is 2. The van der Waals surface area contributed by atoms with Crippen LogP contribution in [0.2, 0.25) is 0 Å². The van der Waals surface area contributed by atoms with Gasteiger partial charge in [-0.25, -0.2) is 13.6 Å². The van der Waals surface area contributed by atoms with Gasteiger partial charge in [0.25, 0.3) is 0 Å². The Morgan fingerprint density at radius 3 is 2.43 bits per heavy atom. The predicted molar refractivity (Wildman–Crippen MR) is 86.1 cm³/mol. The first kappa shape index (κ1) is 19.4. The van der Waals surface area contributed by atoms with Crippen LogP contribution < -0.4 is 10.6 Å². The molecule has 1 amide bonds. The van der Waals surface area contributed by atoms with E-state index >= 15 is 0 Å². The van der Waals surface area contributed by atoms with E-state index in [0.29, 0.717) is 12.1 Å². The first-order valence-corrected chi connectivity index (χ1v) is 7.72. The van der Waals surface area contributed by atoms with Gasteiger partial charge in [0, 0.05) is 30.8 Å². The molecule has 0 radical (unpaired) electrons. The summed E-state index contributed by atoms with van der Waals surface area (Å²) >= 11 is 0. The molecule has 4 nitrogen and oxygen atoms in total. The highest BCUT2D eigenvalue weighted by Crippen LogP contribution is 2.11. The van der Waals surface area contributed by atoms with Gasteiger partial charge in [-0.2, -0.15) is 0 Å². The van der Waals surface area contributed by atoms with Crippen LogP contribution in [0.3, 0.4) is 0 Å². The van der Waals surface area contributed by atoms with Crippen LogP contribution in [0.1, 0.15) is 40.2 Å². The minimum absolute atomic E-state index is 0.0630. The number of amides is 1. The summed E-state index contributed by atoms with van der Waals surface area (Å²) < 4.78 is 31.7. The Bertz CT molecular complexity index is 528. The van der Waals surface area contributed by atoms with Gasteiger partial charge in [-0.1, -0.05) is 19.9 Å². The third kappa shape index (κ3) is 7.41. The fourth-order valence-electron chi connectivity index (χ4n) is 1.96. The summed E-state index contributed by atoms with van der Waals surface area (Å²) in [6, 6.07) is 3.44. The van der Waals surface area contributed by atoms with Crippen molar-refractivity contribution in [2.24, 2.45) is 5.92 Å². The molecule has 2 N–H and O–H groups in total. The van der Waals surface area contributed by atoms with Crippen LogP contribution in [0.4, 0.5) is 13.6 Å². The number of benzene rings is 1. The Balaban J connectivity index is 2.54. The lowest BCUT2D eigenvalue weighted by Crippen LogP contribution is -2.45. The number of nitrogens with one attached hydrogen (secondary N) is 2. The molecule has 0 spiro atoms. The van der Waals surface area contributed by atoms with E-state index in [1.54, 1.807) is 20.8 Å². The standard InChI is InChI=1S/C17H26F2N2O2/c1-11(2)15(10-21-16(22)23-17(3,4)5)20-9-12-6-7-13(18)8-14(12)19/h6-8,11,15,20H,9-10H2,1-5H3,(H,21,22). The Morgan fingerprint density at radius 1 is 1.26 bits per heavy atom. The van der Waals surface area contributed by atoms with Crippen molar-refractivity contribution < 1.29 is 18.3 Å². The van der Waals surface area contributed by atoms with Crippen molar-refractivity contribution in [3.63, 3.8) is 0 Å². The summed E-state index contributed by atoms with van der Waals surface area (Å²) in [7, 11) is 0. The summed E-state index contributed by atoms with van der Waals surface area (Å²) in [6.45, 7) is 9.98. The average molecular weight is 328 g/mol. The molecule has 0 aliphatic carbocycles. The smallest absolute Gasteiger partial charge is 0.407 e. The number of carbonyl (C=O) groups is 1. The molecule has 6 heteroatoms. The minimum Gasteiger partial charge on any atom is -0.444 e. The molecular weight excluding hydrogens is 302 g/mol. The quantitative estimate of drug-likeness (QED) is 0.839. The van der Waals surface area contributed by atoms with Crippen molar-refractivity contribution in [1.82, 2.24) is 10.6 Å². The van der Waals surface area contributed by atoms with Crippen LogP contribution in [0.25, 0.3) is 0 Å². The molecule has 130 valence electrons. The lowest BCUT2D eigenvalue weighted by molar-refractivity contribution is 0.0519. The van der Waals surface area contributed by atoms with Crippen LogP contribution >= 0.6 is 0 Å². The molecular formula is C17H26F2N2O2. The van der Waals surface area contributed by atoms with Crippen LogP contribution in [-0.2, 0) is 11.3 Å². The summed E-state index contributed by atoms with van der Waals surface area (Å²) in [5, 5.41) is 5.88. The largest absolute Gasteiger partial charge is 0.444 e. The van der Waals surface area contributed by atoms with Gasteiger partial charge in [-0.15, -0.1) is 0 Å². The number of carbonyl (C=O) groups excluding carboxylic acids is 1. The van der Waals surface area contributed by atoms with E-state index in [4.69, 9.17) is 4.74 Å². The van der Waals surface area contributed by atoms with Crippen molar-refractivity contribution in [3.8, 4) is 0 Å². The lowest BCUT2D eigenvalue weighted by Gasteiger charge is -2.25. The van der Waals surface area contributed by atoms with Crippen LogP contribution in [0.5, 0.6) is 0 Å². The zero-order valence-corrected chi connectivity index (χ0v) is 14.4. The van der Waals surface area contributed by atoms with E-state index in [0.717, 1.165) is 6.07 Å². The molecule has 0 aliphatic heterocycles. The van der Waals surface area contributed by atoms with Gasteiger partial charge in [0.1, 0.15) is 17.2 Å². The maximum Gasteiger partial charge on any atom is 0.407 e. The van der Waals surface area contributed by atoms with Crippen molar-refractivity contribution >= 4 is 6.09 Å². The first-order valence-electron chi connectivity index (χ1n) is 7.72. The molecule has 0 heterocycles. The molecule has 0 aliphatic rings. The highest BCUT2D eigenvalue weighted by Gasteiger charge is 2.19. The maximum absolute atomic E-state index is 13.6. The molecule has 0 saturated heterocycles. The zero-order valence-electron chi connectivity index (χ0n) is 14.4. The molecule has 1 rings (SSSR count). The predicted octanol–water partition coefficient (Wildman–Crippen LogP) is 3.60. The minimum atomic E-state index is -0.599. The average Bonchev–Trinajstić information content (AvgIpc) is 2.38. The van der Waals surface area contributed by atoms with Crippen molar-refractivity contribution in [2.45, 2.75) is 52.8 Å². The molecule has 1 unspecified atom stereocenters. The van der Waals surface area contributed by atoms with E-state index in [1.165, 1.54) is 12.1 Å². The zero-order chi connectivity index (χ0) is 17.6. The second-order valence-corrected chi connectivity index (χ2v) is 6.85. The highest BCUT2D eigenvalue weighted by atomic mass is 19.1. The summed E-state index contributed by atoms with van der Waals surface area (Å²) in [6.07, 6.45) is -0.488. The number of hydrogen-bond donors (Lipinski definition) is 2. The van der Waals surface area contributed by atoms with Gasteiger partial charge in [0.2, 0.25) is 0 Å². The van der Waals surface area contributed by atoms with E-state index in [-0.39, 0.29) is 18.5 Å². The summed E-state index contributed by atoms with van der Waals surface area (Å²) in [4.78, 5) is 11.7. The normalized spacial score (nSPS) is 13.0. The Morgan fingerprint density at radius 2 is 1.91 bits per heavy atom. The molecule has 1 aromatic carbocycles. The van der Waals surface area contributed by atoms with Gasteiger partial charge >= 0.3 is 6.09 Å². The molecule has 0 bridgehead atoms. The van der Waals surface area contributed by atoms with E-state index < -0.39 is 23.3 Å². The fraction of sp³-hybridized carbons (Fsp3) is 0.588. The fourth-order valence-corrected chi connectivity index (χ4v) is 1.96. The maximum atomic E-state index is 13.6. The summed E-state index contributed by atoms with van der Waals surface area (Å²) in [5.74, 6) is -0.966. The Kier molecular flexibility index (Phi) is 6.94. The van der Waals surface area contributed by atoms with E-state index in [9.17, 15) is 13.6 Å². The number of alkyl carbamates (subject to hydrolysis) is 1. The van der Waals surface area contributed by atoms with Gasteiger partial charge in [0.15, 0.2) is 0 Å². The molecule has 1 atom stereocenters. The van der Waals surface area contributed by atoms with Crippen molar-refractivity contribution in [3.05, 3.63) is 35.4 Å².